The van der Waals surface area contributed by atoms with Crippen LogP contribution in [0.4, 0.5) is 0 Å². The second-order valence-electron chi connectivity index (χ2n) is 1.43. The van der Waals surface area contributed by atoms with E-state index in [1.165, 1.54) is 6.42 Å². The molecule has 0 aromatic carbocycles. The summed E-state index contributed by atoms with van der Waals surface area (Å²) < 4.78 is 0. The molecule has 0 bridgehead atoms. The molecule has 9 heavy (non-hydrogen) atoms. The van der Waals surface area contributed by atoms with E-state index >= 15 is 0 Å². The molecule has 0 aliphatic carbocycles. The van der Waals surface area contributed by atoms with E-state index < -0.39 is 0 Å². The third-order valence-corrected chi connectivity index (χ3v) is 0.762. The minimum Gasteiger partial charge on any atom is -0.396 e. The van der Waals surface area contributed by atoms with Crippen LogP contribution in [0.25, 0.3) is 0 Å². The summed E-state index contributed by atoms with van der Waals surface area (Å²) in [7, 11) is 0. The number of rotatable bonds is 3. The molecule has 0 saturated heterocycles. The molecule has 0 atom stereocenters. The summed E-state index contributed by atoms with van der Waals surface area (Å²) in [6.45, 7) is 2.48. The van der Waals surface area contributed by atoms with Crippen molar-refractivity contribution >= 4 is 0 Å². The number of aliphatic hydroxyl groups excluding tert-OH is 1. The van der Waals surface area contributed by atoms with E-state index in [2.05, 4.69) is 6.92 Å². The fourth-order valence-corrected chi connectivity index (χ4v) is 0.362. The third-order valence-electron chi connectivity index (χ3n) is 0.762. The summed E-state index contributed by atoms with van der Waals surface area (Å²) in [6, 6.07) is 0. The Bertz CT molecular complexity index is 20.9. The van der Waals surface area contributed by atoms with Crippen LogP contribution in [0.5, 0.6) is 0 Å². The quantitative estimate of drug-likeness (QED) is 0.480. The molecule has 0 aliphatic rings. The van der Waals surface area contributed by atoms with Gasteiger partial charge in [-0.05, 0) is 6.42 Å². The van der Waals surface area contributed by atoms with Crippen molar-refractivity contribution in [1.82, 2.24) is 0 Å². The Balaban J connectivity index is -0.0000000417. The number of aliphatic hydroxyl groups is 1. The second kappa shape index (κ2) is 23.4. The first kappa shape index (κ1) is 22.6. The Morgan fingerprint density at radius 2 is 1.56 bits per heavy atom. The molecular formula is C7H18AuO-2. The summed E-state index contributed by atoms with van der Waals surface area (Å²) in [5.41, 5.74) is 0. The summed E-state index contributed by atoms with van der Waals surface area (Å²) in [5.74, 6) is 0. The van der Waals surface area contributed by atoms with Crippen LogP contribution >= 0.6 is 0 Å². The Morgan fingerprint density at radius 3 is 1.67 bits per heavy atom. The molecule has 0 fully saturated rings. The minimum absolute atomic E-state index is 0. The van der Waals surface area contributed by atoms with Crippen molar-refractivity contribution in [1.29, 1.82) is 0 Å². The fourth-order valence-electron chi connectivity index (χ4n) is 0.362. The van der Waals surface area contributed by atoms with Crippen LogP contribution in [0, 0.1) is 14.9 Å². The number of hydrogen-bond donors (Lipinski definition) is 1. The monoisotopic (exact) mass is 315 g/mol. The summed E-state index contributed by atoms with van der Waals surface area (Å²) in [5, 5.41) is 8.20. The molecule has 0 aliphatic heterocycles. The first-order valence-corrected chi connectivity index (χ1v) is 2.52. The van der Waals surface area contributed by atoms with E-state index in [1.54, 1.807) is 0 Å². The van der Waals surface area contributed by atoms with Crippen LogP contribution in [0.1, 0.15) is 26.2 Å². The van der Waals surface area contributed by atoms with E-state index in [4.69, 9.17) is 5.11 Å². The normalized spacial score (nSPS) is 6.00. The van der Waals surface area contributed by atoms with Gasteiger partial charge in [-0.2, -0.15) is 0 Å². The molecule has 0 spiro atoms. The molecule has 0 saturated carbocycles. The standard InChI is InChI=1S/C5H12O.2CH3.Au/c1-2-3-4-5-6;;;/h6H,2-5H2,1H3;2*1H3;/q;2*-1;. The molecule has 0 amide bonds. The van der Waals surface area contributed by atoms with Crippen LogP contribution in [-0.2, 0) is 22.4 Å². The maximum atomic E-state index is 8.20. The van der Waals surface area contributed by atoms with E-state index in [9.17, 15) is 0 Å². The molecule has 0 aromatic rings. The van der Waals surface area contributed by atoms with E-state index in [0.29, 0.717) is 6.61 Å². The van der Waals surface area contributed by atoms with Crippen molar-refractivity contribution in [2.24, 2.45) is 0 Å². The predicted octanol–water partition coefficient (Wildman–Crippen LogP) is 2.07. The molecule has 0 heterocycles. The Hall–Kier alpha value is 0.700. The molecule has 1 nitrogen and oxygen atoms in total. The smallest absolute Gasteiger partial charge is 0.0431 e. The van der Waals surface area contributed by atoms with Gasteiger partial charge in [0.25, 0.3) is 0 Å². The molecule has 1 N–H and O–H groups in total. The molecule has 1 radical (unpaired) electrons. The van der Waals surface area contributed by atoms with Gasteiger partial charge in [-0.15, -0.1) is 0 Å². The van der Waals surface area contributed by atoms with Gasteiger partial charge in [0.1, 0.15) is 0 Å². The average molecular weight is 315 g/mol. The summed E-state index contributed by atoms with van der Waals surface area (Å²) in [4.78, 5) is 0. The Labute approximate surface area is 75.4 Å². The van der Waals surface area contributed by atoms with Gasteiger partial charge in [0, 0.05) is 29.0 Å². The van der Waals surface area contributed by atoms with Crippen molar-refractivity contribution in [2.75, 3.05) is 6.61 Å². The zero-order valence-electron chi connectivity index (χ0n) is 6.58. The summed E-state index contributed by atoms with van der Waals surface area (Å²) >= 11 is 0. The van der Waals surface area contributed by atoms with Crippen molar-refractivity contribution in [2.45, 2.75) is 26.2 Å². The SMILES string of the molecule is CCCCCO.[Au].[CH3-].[CH3-]. The zero-order valence-corrected chi connectivity index (χ0v) is 8.74. The van der Waals surface area contributed by atoms with Crippen LogP contribution in [0.3, 0.4) is 0 Å². The van der Waals surface area contributed by atoms with Crippen LogP contribution in [-0.4, -0.2) is 11.7 Å². The fraction of sp³-hybridized carbons (Fsp3) is 0.714. The van der Waals surface area contributed by atoms with Gasteiger partial charge in [0.05, 0.1) is 0 Å². The van der Waals surface area contributed by atoms with E-state index in [1.807, 2.05) is 0 Å². The number of hydrogen-bond acceptors (Lipinski definition) is 1. The zero-order chi connectivity index (χ0) is 4.83. The molecule has 0 unspecified atom stereocenters. The van der Waals surface area contributed by atoms with Crippen LogP contribution in [0.2, 0.25) is 0 Å². The first-order valence-electron chi connectivity index (χ1n) is 2.52. The van der Waals surface area contributed by atoms with E-state index in [-0.39, 0.29) is 37.2 Å². The van der Waals surface area contributed by atoms with Crippen molar-refractivity contribution in [3.63, 3.8) is 0 Å². The van der Waals surface area contributed by atoms with Gasteiger partial charge >= 0.3 is 0 Å². The van der Waals surface area contributed by atoms with Gasteiger partial charge < -0.3 is 20.0 Å². The van der Waals surface area contributed by atoms with E-state index in [0.717, 1.165) is 12.8 Å². The molecule has 65 valence electrons. The Morgan fingerprint density at radius 1 is 1.11 bits per heavy atom. The maximum absolute atomic E-state index is 8.20. The van der Waals surface area contributed by atoms with Gasteiger partial charge in [0.15, 0.2) is 0 Å². The second-order valence-corrected chi connectivity index (χ2v) is 1.43. The number of unbranched alkanes of at least 4 members (excludes halogenated alkanes) is 2. The largest absolute Gasteiger partial charge is 0.396 e. The third kappa shape index (κ3) is 28.5. The maximum Gasteiger partial charge on any atom is 0.0431 e. The van der Waals surface area contributed by atoms with Crippen molar-refractivity contribution in [3.8, 4) is 0 Å². The Kier molecular flexibility index (Phi) is 58.6. The van der Waals surface area contributed by atoms with Crippen LogP contribution < -0.4 is 0 Å². The van der Waals surface area contributed by atoms with Gasteiger partial charge in [-0.1, -0.05) is 19.8 Å². The minimum atomic E-state index is 0. The van der Waals surface area contributed by atoms with Crippen molar-refractivity contribution < 1.29 is 27.5 Å². The first-order chi connectivity index (χ1) is 2.91. The molecule has 0 aromatic heterocycles. The average Bonchev–Trinajstić information content (AvgIpc) is 1.61. The van der Waals surface area contributed by atoms with Crippen molar-refractivity contribution in [3.05, 3.63) is 14.9 Å². The molecular weight excluding hydrogens is 297 g/mol. The molecule has 2 heteroatoms. The topological polar surface area (TPSA) is 20.2 Å². The van der Waals surface area contributed by atoms with Gasteiger partial charge in [-0.3, -0.25) is 0 Å². The van der Waals surface area contributed by atoms with Crippen LogP contribution in [0.15, 0.2) is 0 Å². The van der Waals surface area contributed by atoms with Gasteiger partial charge in [0.2, 0.25) is 0 Å². The summed E-state index contributed by atoms with van der Waals surface area (Å²) in [6.07, 6.45) is 3.33. The van der Waals surface area contributed by atoms with Gasteiger partial charge in [-0.25, -0.2) is 0 Å². The predicted molar refractivity (Wildman–Crippen MR) is 39.4 cm³/mol. The molecule has 0 rings (SSSR count).